The van der Waals surface area contributed by atoms with Gasteiger partial charge in [0.1, 0.15) is 5.75 Å². The minimum atomic E-state index is -1.32. The lowest BCUT2D eigenvalue weighted by Crippen LogP contribution is -2.53. The van der Waals surface area contributed by atoms with Crippen molar-refractivity contribution in [1.82, 2.24) is 9.91 Å². The lowest BCUT2D eigenvalue weighted by Gasteiger charge is -2.50. The molecule has 4 fully saturated rings. The lowest BCUT2D eigenvalue weighted by molar-refractivity contribution is -0.144. The number of nitrogens with zero attached hydrogens (tertiary/aromatic N) is 2. The predicted molar refractivity (Wildman–Crippen MR) is 185 cm³/mol. The second kappa shape index (κ2) is 11.7. The smallest absolute Gasteiger partial charge is 0.260 e. The number of allylic oxidation sites excluding steroid dienone is 2. The molecule has 49 heavy (non-hydrogen) atoms. The maximum Gasteiger partial charge on any atom is 0.260 e. The van der Waals surface area contributed by atoms with Crippen LogP contribution in [-0.4, -0.2) is 44.7 Å². The van der Waals surface area contributed by atoms with Crippen LogP contribution in [0, 0.1) is 44.4 Å². The monoisotopic (exact) mass is 657 g/mol. The standard InChI is InChI=1S/C41H43N3O5/c1-23-14-16-28(17-15-23)42-44-38(47)33-22-32-30(18-19-31-34(32)39(48)43(37(31)46)29-12-8-5-9-13-29)35(26-20-24(2)36(45)25(3)21-26)41(33,40(44)49)27-10-6-4-7-11-27/h4,6-7,10-11,14-18,20-21,29,31-35,42,45H,5,8-9,12-13,19,22H2,1-3H3/t31-,32+,33-,34-,35-,41+/m0/s1. The molecule has 8 nitrogen and oxygen atoms in total. The third-order valence-electron chi connectivity index (χ3n) is 12.2. The third-order valence-corrected chi connectivity index (χ3v) is 12.2. The van der Waals surface area contributed by atoms with Crippen molar-refractivity contribution in [3.8, 4) is 5.75 Å². The molecule has 2 saturated carbocycles. The summed E-state index contributed by atoms with van der Waals surface area (Å²) in [5.41, 5.74) is 7.36. The van der Waals surface area contributed by atoms with E-state index in [-0.39, 0.29) is 47.8 Å². The van der Waals surface area contributed by atoms with Gasteiger partial charge in [0, 0.05) is 12.0 Å². The van der Waals surface area contributed by atoms with Crippen molar-refractivity contribution in [2.75, 3.05) is 5.43 Å². The number of carbonyl (C=O) groups excluding carboxylic acids is 4. The normalized spacial score (nSPS) is 29.9. The second-order valence-corrected chi connectivity index (χ2v) is 14.9. The van der Waals surface area contributed by atoms with Crippen LogP contribution in [0.2, 0.25) is 0 Å². The highest BCUT2D eigenvalue weighted by Crippen LogP contribution is 2.64. The Morgan fingerprint density at radius 3 is 2.14 bits per heavy atom. The Labute approximate surface area is 287 Å². The average molecular weight is 658 g/mol. The van der Waals surface area contributed by atoms with Crippen molar-refractivity contribution in [3.63, 3.8) is 0 Å². The number of phenolic OH excluding ortho intramolecular Hbond substituents is 1. The van der Waals surface area contributed by atoms with Crippen LogP contribution in [0.4, 0.5) is 5.69 Å². The lowest BCUT2D eigenvalue weighted by atomic mass is 9.49. The van der Waals surface area contributed by atoms with Gasteiger partial charge in [-0.25, -0.2) is 0 Å². The molecule has 8 heteroatoms. The largest absolute Gasteiger partial charge is 0.507 e. The van der Waals surface area contributed by atoms with E-state index in [2.05, 4.69) is 11.5 Å². The van der Waals surface area contributed by atoms with Crippen LogP contribution in [0.3, 0.4) is 0 Å². The predicted octanol–water partition coefficient (Wildman–Crippen LogP) is 6.64. The van der Waals surface area contributed by atoms with E-state index in [0.717, 1.165) is 54.4 Å². The Morgan fingerprint density at radius 1 is 0.796 bits per heavy atom. The summed E-state index contributed by atoms with van der Waals surface area (Å²) in [6, 6.07) is 20.9. The van der Waals surface area contributed by atoms with Gasteiger partial charge < -0.3 is 5.11 Å². The maximum atomic E-state index is 15.3. The summed E-state index contributed by atoms with van der Waals surface area (Å²) in [4.78, 5) is 60.2. The minimum absolute atomic E-state index is 0.0723. The van der Waals surface area contributed by atoms with E-state index in [9.17, 15) is 19.5 Å². The Bertz CT molecular complexity index is 1870. The van der Waals surface area contributed by atoms with Crippen molar-refractivity contribution in [1.29, 1.82) is 0 Å². The van der Waals surface area contributed by atoms with Gasteiger partial charge in [0.2, 0.25) is 11.8 Å². The topological polar surface area (TPSA) is 107 Å². The molecule has 3 aromatic carbocycles. The summed E-state index contributed by atoms with van der Waals surface area (Å²) in [6.07, 6.45) is 7.61. The number of amides is 4. The number of nitrogens with one attached hydrogen (secondary N) is 1. The molecule has 2 aliphatic heterocycles. The molecule has 0 unspecified atom stereocenters. The quantitative estimate of drug-likeness (QED) is 0.236. The van der Waals surface area contributed by atoms with E-state index >= 15 is 4.79 Å². The zero-order chi connectivity index (χ0) is 34.2. The molecule has 5 aliphatic rings. The molecule has 4 amide bonds. The van der Waals surface area contributed by atoms with Gasteiger partial charge in [-0.2, -0.15) is 5.01 Å². The molecule has 0 spiro atoms. The Balaban J connectivity index is 1.32. The fourth-order valence-corrected chi connectivity index (χ4v) is 10.0. The Hall–Kier alpha value is -4.72. The minimum Gasteiger partial charge on any atom is -0.507 e. The van der Waals surface area contributed by atoms with E-state index < -0.39 is 29.1 Å². The maximum absolute atomic E-state index is 15.3. The number of benzene rings is 3. The van der Waals surface area contributed by atoms with Gasteiger partial charge in [0.15, 0.2) is 0 Å². The highest BCUT2D eigenvalue weighted by atomic mass is 16.3. The van der Waals surface area contributed by atoms with Crippen LogP contribution in [-0.2, 0) is 24.6 Å². The summed E-state index contributed by atoms with van der Waals surface area (Å²) in [7, 11) is 0. The van der Waals surface area contributed by atoms with Gasteiger partial charge >= 0.3 is 0 Å². The molecular formula is C41H43N3O5. The van der Waals surface area contributed by atoms with Gasteiger partial charge in [-0.1, -0.05) is 91.1 Å². The van der Waals surface area contributed by atoms with E-state index in [0.29, 0.717) is 23.2 Å². The SMILES string of the molecule is Cc1ccc(NN2C(=O)[C@@H]3C[C@@H]4C(=CC[C@@H]5C(=O)N(C6CCCCC6)C(=O)[C@@H]54)[C@H](c4cc(C)c(O)c(C)c4)[C@]3(c3ccccc3)C2=O)cc1. The Morgan fingerprint density at radius 2 is 1.47 bits per heavy atom. The first kappa shape index (κ1) is 31.5. The summed E-state index contributed by atoms with van der Waals surface area (Å²) in [6.45, 7) is 5.67. The molecule has 0 radical (unpaired) electrons. The van der Waals surface area contributed by atoms with Crippen molar-refractivity contribution >= 4 is 29.3 Å². The van der Waals surface area contributed by atoms with Gasteiger partial charge in [0.25, 0.3) is 11.8 Å². The van der Waals surface area contributed by atoms with Gasteiger partial charge in [0.05, 0.1) is 28.9 Å². The van der Waals surface area contributed by atoms with Crippen molar-refractivity contribution < 1.29 is 24.3 Å². The number of aryl methyl sites for hydroxylation is 3. The number of hydrogen-bond donors (Lipinski definition) is 2. The number of phenols is 1. The van der Waals surface area contributed by atoms with Crippen LogP contribution >= 0.6 is 0 Å². The van der Waals surface area contributed by atoms with Crippen LogP contribution in [0.1, 0.15) is 78.7 Å². The first-order valence-electron chi connectivity index (χ1n) is 17.8. The number of hydrogen-bond acceptors (Lipinski definition) is 6. The molecule has 2 heterocycles. The second-order valence-electron chi connectivity index (χ2n) is 14.9. The van der Waals surface area contributed by atoms with E-state index in [1.807, 2.05) is 87.5 Å². The summed E-state index contributed by atoms with van der Waals surface area (Å²) in [5.74, 6) is -3.53. The average Bonchev–Trinajstić information content (AvgIpc) is 3.49. The summed E-state index contributed by atoms with van der Waals surface area (Å²) >= 11 is 0. The highest BCUT2D eigenvalue weighted by Gasteiger charge is 2.70. The molecular weight excluding hydrogens is 614 g/mol. The van der Waals surface area contributed by atoms with Gasteiger partial charge in [-0.05, 0) is 86.8 Å². The molecule has 2 saturated heterocycles. The fraction of sp³-hybridized carbons (Fsp3) is 0.415. The number of hydrazine groups is 1. The number of imide groups is 2. The van der Waals surface area contributed by atoms with Gasteiger partial charge in [-0.15, -0.1) is 0 Å². The van der Waals surface area contributed by atoms with Crippen LogP contribution in [0.15, 0.2) is 78.4 Å². The van der Waals surface area contributed by atoms with Crippen LogP contribution in [0.25, 0.3) is 0 Å². The summed E-state index contributed by atoms with van der Waals surface area (Å²) < 4.78 is 0. The zero-order valence-electron chi connectivity index (χ0n) is 28.3. The first-order chi connectivity index (χ1) is 23.6. The first-order valence-corrected chi connectivity index (χ1v) is 17.8. The molecule has 0 aromatic heterocycles. The molecule has 6 atom stereocenters. The van der Waals surface area contributed by atoms with Crippen LogP contribution < -0.4 is 5.43 Å². The number of fused-ring (bicyclic) bond motifs is 4. The van der Waals surface area contributed by atoms with Crippen molar-refractivity contribution in [2.24, 2.45) is 23.7 Å². The van der Waals surface area contributed by atoms with E-state index in [1.54, 1.807) is 4.90 Å². The van der Waals surface area contributed by atoms with E-state index in [4.69, 9.17) is 0 Å². The molecule has 252 valence electrons. The van der Waals surface area contributed by atoms with Crippen molar-refractivity contribution in [2.45, 2.75) is 83.1 Å². The number of aromatic hydroxyl groups is 1. The number of carbonyl (C=O) groups is 4. The van der Waals surface area contributed by atoms with E-state index in [1.165, 1.54) is 5.01 Å². The molecule has 3 aliphatic carbocycles. The third kappa shape index (κ3) is 4.62. The number of rotatable bonds is 5. The zero-order valence-corrected chi connectivity index (χ0v) is 28.3. The summed E-state index contributed by atoms with van der Waals surface area (Å²) in [5, 5.41) is 12.0. The number of likely N-dealkylation sites (tertiary alicyclic amines) is 1. The Kier molecular flexibility index (Phi) is 7.54. The molecule has 3 aromatic rings. The van der Waals surface area contributed by atoms with Gasteiger partial charge in [-0.3, -0.25) is 29.5 Å². The van der Waals surface area contributed by atoms with Crippen molar-refractivity contribution in [3.05, 3.63) is 106 Å². The van der Waals surface area contributed by atoms with Crippen LogP contribution in [0.5, 0.6) is 5.75 Å². The number of anilines is 1. The molecule has 2 N–H and O–H groups in total. The fourth-order valence-electron chi connectivity index (χ4n) is 10.0. The molecule has 8 rings (SSSR count). The molecule has 0 bridgehead atoms. The highest BCUT2D eigenvalue weighted by molar-refractivity contribution is 6.13.